The Morgan fingerprint density at radius 2 is 2.11 bits per heavy atom. The van der Waals surface area contributed by atoms with Crippen LogP contribution < -0.4 is 10.6 Å². The Morgan fingerprint density at radius 1 is 1.42 bits per heavy atom. The van der Waals surface area contributed by atoms with Gasteiger partial charge in [0.1, 0.15) is 0 Å². The lowest BCUT2D eigenvalue weighted by atomic mass is 9.87. The number of carbonyl (C=O) groups is 2. The van der Waals surface area contributed by atoms with E-state index < -0.39 is 5.97 Å². The van der Waals surface area contributed by atoms with Crippen molar-refractivity contribution in [2.45, 2.75) is 58.9 Å². The van der Waals surface area contributed by atoms with Gasteiger partial charge in [0.25, 0.3) is 0 Å². The normalized spacial score (nSPS) is 22.8. The minimum atomic E-state index is -0.788. The van der Waals surface area contributed by atoms with Crippen LogP contribution in [0, 0.1) is 11.3 Å². The van der Waals surface area contributed by atoms with Crippen LogP contribution in [-0.4, -0.2) is 29.7 Å². The van der Waals surface area contributed by atoms with Gasteiger partial charge in [0, 0.05) is 19.0 Å². The number of carbonyl (C=O) groups excluding carboxylic acids is 1. The summed E-state index contributed by atoms with van der Waals surface area (Å²) in [5.41, 5.74) is 0.173. The second-order valence-corrected chi connectivity index (χ2v) is 6.33. The summed E-state index contributed by atoms with van der Waals surface area (Å²) in [5.74, 6) is -0.609. The molecule has 2 unspecified atom stereocenters. The summed E-state index contributed by atoms with van der Waals surface area (Å²) in [6.07, 6.45) is 4.08. The minimum absolute atomic E-state index is 0.137. The van der Waals surface area contributed by atoms with E-state index in [1.54, 1.807) is 0 Å². The topological polar surface area (TPSA) is 78.4 Å². The molecule has 0 saturated heterocycles. The highest BCUT2D eigenvalue weighted by molar-refractivity contribution is 5.74. The van der Waals surface area contributed by atoms with Gasteiger partial charge in [-0.15, -0.1) is 0 Å². The van der Waals surface area contributed by atoms with Crippen LogP contribution >= 0.6 is 0 Å². The van der Waals surface area contributed by atoms with Crippen molar-refractivity contribution in [3.05, 3.63) is 0 Å². The lowest BCUT2D eigenvalue weighted by Gasteiger charge is -2.28. The first-order chi connectivity index (χ1) is 8.81. The highest BCUT2D eigenvalue weighted by atomic mass is 16.4. The third-order valence-corrected chi connectivity index (χ3v) is 4.02. The van der Waals surface area contributed by atoms with Crippen molar-refractivity contribution in [1.29, 1.82) is 0 Å². The molecule has 5 heteroatoms. The summed E-state index contributed by atoms with van der Waals surface area (Å²) >= 11 is 0. The number of nitrogens with one attached hydrogen (secondary N) is 2. The molecule has 0 radical (unpaired) electrons. The van der Waals surface area contributed by atoms with Gasteiger partial charge in [-0.1, -0.05) is 27.2 Å². The number of carboxylic acid groups (broad SMARTS) is 1. The van der Waals surface area contributed by atoms with Gasteiger partial charge < -0.3 is 15.7 Å². The molecule has 1 aliphatic carbocycles. The third-order valence-electron chi connectivity index (χ3n) is 4.02. The Kier molecular flexibility index (Phi) is 5.63. The fourth-order valence-electron chi connectivity index (χ4n) is 2.54. The van der Waals surface area contributed by atoms with Crippen molar-refractivity contribution in [2.75, 3.05) is 6.54 Å². The first-order valence-electron chi connectivity index (χ1n) is 7.07. The molecule has 0 spiro atoms. The van der Waals surface area contributed by atoms with Gasteiger partial charge >= 0.3 is 12.0 Å². The van der Waals surface area contributed by atoms with E-state index in [4.69, 9.17) is 5.11 Å². The van der Waals surface area contributed by atoms with Gasteiger partial charge in [-0.3, -0.25) is 4.79 Å². The van der Waals surface area contributed by atoms with Gasteiger partial charge in [0.2, 0.25) is 0 Å². The van der Waals surface area contributed by atoms with Crippen LogP contribution in [0.1, 0.15) is 52.9 Å². The van der Waals surface area contributed by atoms with Gasteiger partial charge in [-0.25, -0.2) is 4.79 Å². The van der Waals surface area contributed by atoms with Crippen LogP contribution in [-0.2, 0) is 4.79 Å². The van der Waals surface area contributed by atoms with E-state index >= 15 is 0 Å². The van der Waals surface area contributed by atoms with E-state index in [9.17, 15) is 9.59 Å². The highest BCUT2D eigenvalue weighted by Gasteiger charge is 2.35. The number of amides is 2. The molecule has 0 aromatic rings. The number of hydrogen-bond donors (Lipinski definition) is 3. The van der Waals surface area contributed by atoms with Crippen molar-refractivity contribution >= 4 is 12.0 Å². The largest absolute Gasteiger partial charge is 0.481 e. The summed E-state index contributed by atoms with van der Waals surface area (Å²) in [7, 11) is 0. The van der Waals surface area contributed by atoms with E-state index in [-0.39, 0.29) is 29.8 Å². The predicted octanol–water partition coefficient (Wildman–Crippen LogP) is 2.37. The Balaban J connectivity index is 2.22. The van der Waals surface area contributed by atoms with E-state index in [2.05, 4.69) is 24.5 Å². The molecule has 5 nitrogen and oxygen atoms in total. The van der Waals surface area contributed by atoms with Crippen LogP contribution in [0.4, 0.5) is 4.79 Å². The lowest BCUT2D eigenvalue weighted by molar-refractivity contribution is -0.137. The molecule has 0 aromatic carbocycles. The van der Waals surface area contributed by atoms with E-state index in [1.807, 2.05) is 6.92 Å². The summed E-state index contributed by atoms with van der Waals surface area (Å²) in [5, 5.41) is 14.4. The van der Waals surface area contributed by atoms with Crippen LogP contribution in [0.5, 0.6) is 0 Å². The third kappa shape index (κ3) is 5.49. The monoisotopic (exact) mass is 270 g/mol. The molecule has 2 amide bonds. The average Bonchev–Trinajstić information content (AvgIpc) is 2.63. The van der Waals surface area contributed by atoms with Crippen LogP contribution in [0.3, 0.4) is 0 Å². The molecular weight excluding hydrogens is 244 g/mol. The first kappa shape index (κ1) is 15.8. The summed E-state index contributed by atoms with van der Waals surface area (Å²) in [6.45, 7) is 6.83. The molecule has 0 aromatic heterocycles. The van der Waals surface area contributed by atoms with E-state index in [0.29, 0.717) is 13.0 Å². The Bertz CT molecular complexity index is 329. The maximum atomic E-state index is 11.8. The number of aliphatic carboxylic acids is 1. The average molecular weight is 270 g/mol. The molecule has 19 heavy (non-hydrogen) atoms. The van der Waals surface area contributed by atoms with Gasteiger partial charge in [-0.05, 0) is 30.6 Å². The van der Waals surface area contributed by atoms with Gasteiger partial charge in [0.05, 0.1) is 0 Å². The van der Waals surface area contributed by atoms with Crippen molar-refractivity contribution < 1.29 is 14.7 Å². The Labute approximate surface area is 115 Å². The quantitative estimate of drug-likeness (QED) is 0.693. The number of hydrogen-bond acceptors (Lipinski definition) is 2. The maximum Gasteiger partial charge on any atom is 0.315 e. The summed E-state index contributed by atoms with van der Waals surface area (Å²) in [4.78, 5) is 22.2. The number of urea groups is 1. The zero-order valence-electron chi connectivity index (χ0n) is 12.2. The van der Waals surface area contributed by atoms with Crippen molar-refractivity contribution in [2.24, 2.45) is 11.3 Å². The summed E-state index contributed by atoms with van der Waals surface area (Å²) < 4.78 is 0. The molecule has 3 N–H and O–H groups in total. The van der Waals surface area contributed by atoms with Crippen molar-refractivity contribution in [1.82, 2.24) is 10.6 Å². The standard InChI is InChI=1S/C14H26N2O3/c1-10(6-7-12(17)18)9-15-13(19)16-11-5-4-8-14(11,2)3/h10-11H,4-9H2,1-3H3,(H,17,18)(H2,15,16,19). The lowest BCUT2D eigenvalue weighted by Crippen LogP contribution is -2.47. The maximum absolute atomic E-state index is 11.8. The number of carboxylic acids is 1. The van der Waals surface area contributed by atoms with Crippen LogP contribution in [0.25, 0.3) is 0 Å². The smallest absolute Gasteiger partial charge is 0.315 e. The zero-order valence-corrected chi connectivity index (χ0v) is 12.2. The molecule has 110 valence electrons. The first-order valence-corrected chi connectivity index (χ1v) is 7.07. The molecule has 2 atom stereocenters. The van der Waals surface area contributed by atoms with E-state index in [0.717, 1.165) is 19.3 Å². The van der Waals surface area contributed by atoms with Gasteiger partial charge in [0.15, 0.2) is 0 Å². The zero-order chi connectivity index (χ0) is 14.5. The molecule has 1 aliphatic rings. The second kappa shape index (κ2) is 6.78. The number of rotatable bonds is 6. The molecule has 0 heterocycles. The molecule has 1 fully saturated rings. The Hall–Kier alpha value is -1.26. The SMILES string of the molecule is CC(CCC(=O)O)CNC(=O)NC1CCCC1(C)C. The molecule has 1 rings (SSSR count). The second-order valence-electron chi connectivity index (χ2n) is 6.33. The van der Waals surface area contributed by atoms with Crippen LogP contribution in [0.15, 0.2) is 0 Å². The highest BCUT2D eigenvalue weighted by Crippen LogP contribution is 2.36. The molecular formula is C14H26N2O3. The predicted molar refractivity (Wildman–Crippen MR) is 74.0 cm³/mol. The minimum Gasteiger partial charge on any atom is -0.481 e. The van der Waals surface area contributed by atoms with Crippen molar-refractivity contribution in [3.63, 3.8) is 0 Å². The fourth-order valence-corrected chi connectivity index (χ4v) is 2.54. The van der Waals surface area contributed by atoms with Crippen molar-refractivity contribution in [3.8, 4) is 0 Å². The Morgan fingerprint density at radius 3 is 2.63 bits per heavy atom. The summed E-state index contributed by atoms with van der Waals surface area (Å²) in [6, 6.07) is 0.101. The van der Waals surface area contributed by atoms with E-state index in [1.165, 1.54) is 0 Å². The fraction of sp³-hybridized carbons (Fsp3) is 0.857. The molecule has 1 saturated carbocycles. The molecule has 0 bridgehead atoms. The molecule has 0 aliphatic heterocycles. The van der Waals surface area contributed by atoms with Gasteiger partial charge in [-0.2, -0.15) is 0 Å². The van der Waals surface area contributed by atoms with Crippen LogP contribution in [0.2, 0.25) is 0 Å².